The lowest BCUT2D eigenvalue weighted by atomic mass is 10.3. The van der Waals surface area contributed by atoms with Gasteiger partial charge in [0.25, 0.3) is 0 Å². The van der Waals surface area contributed by atoms with Crippen LogP contribution in [0.5, 0.6) is 0 Å². The van der Waals surface area contributed by atoms with Gasteiger partial charge in [0.15, 0.2) is 11.5 Å². The first-order chi connectivity index (χ1) is 5.70. The van der Waals surface area contributed by atoms with Gasteiger partial charge in [-0.2, -0.15) is 0 Å². The lowest BCUT2D eigenvalue weighted by Gasteiger charge is -2.25. The topological polar surface area (TPSA) is 49.8 Å². The highest BCUT2D eigenvalue weighted by molar-refractivity contribution is 5.90. The first-order valence-corrected chi connectivity index (χ1v) is 3.93. The van der Waals surface area contributed by atoms with Crippen LogP contribution in [0.2, 0.25) is 0 Å². The molecule has 4 nitrogen and oxygen atoms in total. The number of carbonyl (C=O) groups is 1. The molecule has 12 heavy (non-hydrogen) atoms. The highest BCUT2D eigenvalue weighted by atomic mass is 16.5. The summed E-state index contributed by atoms with van der Waals surface area (Å²) < 4.78 is 5.10. The summed E-state index contributed by atoms with van der Waals surface area (Å²) in [6, 6.07) is 0. The van der Waals surface area contributed by atoms with Gasteiger partial charge in [0.2, 0.25) is 0 Å². The zero-order chi connectivity index (χ0) is 8.97. The molecule has 0 bridgehead atoms. The number of hydrogen-bond donors (Lipinski definition) is 1. The molecule has 0 aromatic rings. The Balaban J connectivity index is 2.47. The zero-order valence-electron chi connectivity index (χ0n) is 7.12. The fourth-order valence-electron chi connectivity index (χ4n) is 0.970. The van der Waals surface area contributed by atoms with Gasteiger partial charge in [-0.25, -0.2) is 0 Å². The van der Waals surface area contributed by atoms with E-state index >= 15 is 0 Å². The van der Waals surface area contributed by atoms with Crippen LogP contribution in [0.4, 0.5) is 0 Å². The quantitative estimate of drug-likeness (QED) is 0.480. The SMILES string of the molecule is CC(=O)/C(O)=C/N1CCOCC1. The van der Waals surface area contributed by atoms with E-state index in [9.17, 15) is 4.79 Å². The third-order valence-corrected chi connectivity index (χ3v) is 1.71. The minimum absolute atomic E-state index is 0.183. The van der Waals surface area contributed by atoms with Crippen molar-refractivity contribution in [1.29, 1.82) is 0 Å². The summed E-state index contributed by atoms with van der Waals surface area (Å²) in [5.74, 6) is -0.488. The summed E-state index contributed by atoms with van der Waals surface area (Å²) in [6.07, 6.45) is 1.48. The Hall–Kier alpha value is -1.03. The molecule has 1 fully saturated rings. The molecular weight excluding hydrogens is 158 g/mol. The molecule has 0 radical (unpaired) electrons. The number of carbonyl (C=O) groups excluding carboxylic acids is 1. The van der Waals surface area contributed by atoms with E-state index < -0.39 is 0 Å². The maximum absolute atomic E-state index is 10.6. The molecule has 0 amide bonds. The lowest BCUT2D eigenvalue weighted by Crippen LogP contribution is -2.32. The number of nitrogens with zero attached hydrogens (tertiary/aromatic N) is 1. The Kier molecular flexibility index (Phi) is 3.10. The summed E-state index contributed by atoms with van der Waals surface area (Å²) in [5.41, 5.74) is 0. The Morgan fingerprint density at radius 1 is 1.50 bits per heavy atom. The van der Waals surface area contributed by atoms with Crippen molar-refractivity contribution in [3.05, 3.63) is 12.0 Å². The van der Waals surface area contributed by atoms with Crippen LogP contribution in [-0.4, -0.2) is 42.1 Å². The number of allylic oxidation sites excluding steroid dienone is 1. The summed E-state index contributed by atoms with van der Waals surface area (Å²) in [7, 11) is 0. The van der Waals surface area contributed by atoms with Crippen molar-refractivity contribution in [2.24, 2.45) is 0 Å². The number of Topliss-reactive ketones (excluding diaryl/α,β-unsaturated/α-hetero) is 1. The second kappa shape index (κ2) is 4.11. The van der Waals surface area contributed by atoms with Crippen LogP contribution in [0, 0.1) is 0 Å². The average molecular weight is 171 g/mol. The van der Waals surface area contributed by atoms with E-state index in [2.05, 4.69) is 0 Å². The van der Waals surface area contributed by atoms with Crippen LogP contribution < -0.4 is 0 Å². The van der Waals surface area contributed by atoms with E-state index in [4.69, 9.17) is 9.84 Å². The van der Waals surface area contributed by atoms with Crippen LogP contribution in [0.3, 0.4) is 0 Å². The van der Waals surface area contributed by atoms with Crippen LogP contribution in [-0.2, 0) is 9.53 Å². The minimum Gasteiger partial charge on any atom is -0.503 e. The molecule has 68 valence electrons. The van der Waals surface area contributed by atoms with Gasteiger partial charge in [0, 0.05) is 26.2 Å². The molecule has 0 atom stereocenters. The molecule has 1 aliphatic rings. The Bertz CT molecular complexity index is 194. The van der Waals surface area contributed by atoms with Crippen molar-refractivity contribution >= 4 is 5.78 Å². The minimum atomic E-state index is -0.304. The largest absolute Gasteiger partial charge is 0.503 e. The van der Waals surface area contributed by atoms with Crippen LogP contribution in [0.1, 0.15) is 6.92 Å². The first kappa shape index (κ1) is 9.06. The number of ketones is 1. The van der Waals surface area contributed by atoms with Crippen molar-refractivity contribution in [2.45, 2.75) is 6.92 Å². The maximum Gasteiger partial charge on any atom is 0.195 e. The van der Waals surface area contributed by atoms with Crippen LogP contribution in [0.25, 0.3) is 0 Å². The Labute approximate surface area is 71.4 Å². The molecule has 1 rings (SSSR count). The summed E-state index contributed by atoms with van der Waals surface area (Å²) in [4.78, 5) is 12.5. The zero-order valence-corrected chi connectivity index (χ0v) is 7.12. The summed E-state index contributed by atoms with van der Waals surface area (Å²) >= 11 is 0. The number of aliphatic hydroxyl groups excluding tert-OH is 1. The normalized spacial score (nSPS) is 19.4. The third-order valence-electron chi connectivity index (χ3n) is 1.71. The van der Waals surface area contributed by atoms with Gasteiger partial charge >= 0.3 is 0 Å². The van der Waals surface area contributed by atoms with Crippen LogP contribution >= 0.6 is 0 Å². The van der Waals surface area contributed by atoms with Gasteiger partial charge in [-0.1, -0.05) is 0 Å². The van der Waals surface area contributed by atoms with Crippen molar-refractivity contribution in [3.8, 4) is 0 Å². The standard InChI is InChI=1S/C8H13NO3/c1-7(10)8(11)6-9-2-4-12-5-3-9/h6,11H,2-5H2,1H3/b8-6-. The molecule has 0 saturated carbocycles. The summed E-state index contributed by atoms with van der Waals surface area (Å²) in [6.45, 7) is 4.12. The monoisotopic (exact) mass is 171 g/mol. The average Bonchev–Trinajstić information content (AvgIpc) is 2.06. The smallest absolute Gasteiger partial charge is 0.195 e. The van der Waals surface area contributed by atoms with Gasteiger partial charge in [-0.05, 0) is 0 Å². The molecule has 1 saturated heterocycles. The molecule has 0 spiro atoms. The second-order valence-corrected chi connectivity index (χ2v) is 2.72. The van der Waals surface area contributed by atoms with E-state index in [1.807, 2.05) is 4.90 Å². The van der Waals surface area contributed by atoms with Crippen LogP contribution in [0.15, 0.2) is 12.0 Å². The molecular formula is C8H13NO3. The molecule has 1 N–H and O–H groups in total. The molecule has 1 heterocycles. The van der Waals surface area contributed by atoms with Gasteiger partial charge in [-0.15, -0.1) is 0 Å². The molecule has 0 unspecified atom stereocenters. The number of ether oxygens (including phenoxy) is 1. The van der Waals surface area contributed by atoms with Gasteiger partial charge in [0.1, 0.15) is 0 Å². The third kappa shape index (κ3) is 2.54. The molecule has 1 aliphatic heterocycles. The number of aliphatic hydroxyl groups is 1. The molecule has 0 aromatic carbocycles. The van der Waals surface area contributed by atoms with Crippen molar-refractivity contribution in [3.63, 3.8) is 0 Å². The lowest BCUT2D eigenvalue weighted by molar-refractivity contribution is -0.116. The first-order valence-electron chi connectivity index (χ1n) is 3.93. The second-order valence-electron chi connectivity index (χ2n) is 2.72. The van der Waals surface area contributed by atoms with Gasteiger partial charge in [-0.3, -0.25) is 4.79 Å². The Morgan fingerprint density at radius 2 is 2.08 bits per heavy atom. The van der Waals surface area contributed by atoms with Gasteiger partial charge in [0.05, 0.1) is 13.2 Å². The predicted molar refractivity (Wildman–Crippen MR) is 43.8 cm³/mol. The molecule has 4 heteroatoms. The predicted octanol–water partition coefficient (Wildman–Crippen LogP) is 0.307. The number of hydrogen-bond acceptors (Lipinski definition) is 4. The van der Waals surface area contributed by atoms with E-state index in [0.29, 0.717) is 13.2 Å². The fourth-order valence-corrected chi connectivity index (χ4v) is 0.970. The van der Waals surface area contributed by atoms with E-state index in [0.717, 1.165) is 13.1 Å². The number of morpholine rings is 1. The van der Waals surface area contributed by atoms with Crippen molar-refractivity contribution in [2.75, 3.05) is 26.3 Å². The summed E-state index contributed by atoms with van der Waals surface area (Å²) in [5, 5.41) is 9.11. The Morgan fingerprint density at radius 3 is 2.58 bits per heavy atom. The molecule has 0 aromatic heterocycles. The van der Waals surface area contributed by atoms with E-state index in [1.165, 1.54) is 13.1 Å². The maximum atomic E-state index is 10.6. The van der Waals surface area contributed by atoms with E-state index in [-0.39, 0.29) is 11.5 Å². The van der Waals surface area contributed by atoms with Gasteiger partial charge < -0.3 is 14.7 Å². The highest BCUT2D eigenvalue weighted by Crippen LogP contribution is 2.00. The highest BCUT2D eigenvalue weighted by Gasteiger charge is 2.08. The van der Waals surface area contributed by atoms with Crippen molar-refractivity contribution < 1.29 is 14.6 Å². The van der Waals surface area contributed by atoms with E-state index in [1.54, 1.807) is 0 Å². The number of rotatable bonds is 2. The molecule has 0 aliphatic carbocycles. The van der Waals surface area contributed by atoms with Crippen molar-refractivity contribution in [1.82, 2.24) is 4.90 Å². The fraction of sp³-hybridized carbons (Fsp3) is 0.625.